The van der Waals surface area contributed by atoms with Gasteiger partial charge in [0.15, 0.2) is 0 Å². The largest absolute Gasteiger partial charge is 0.295 e. The van der Waals surface area contributed by atoms with Gasteiger partial charge in [0.25, 0.3) is 5.56 Å². The van der Waals surface area contributed by atoms with Gasteiger partial charge >= 0.3 is 0 Å². The molecule has 0 bridgehead atoms. The van der Waals surface area contributed by atoms with E-state index in [4.69, 9.17) is 0 Å². The summed E-state index contributed by atoms with van der Waals surface area (Å²) in [6.07, 6.45) is 0. The van der Waals surface area contributed by atoms with Gasteiger partial charge in [-0.05, 0) is 31.7 Å². The van der Waals surface area contributed by atoms with Crippen molar-refractivity contribution in [2.45, 2.75) is 11.8 Å². The summed E-state index contributed by atoms with van der Waals surface area (Å²) in [5.41, 5.74) is 1.97. The van der Waals surface area contributed by atoms with Crippen LogP contribution in [0.25, 0.3) is 11.3 Å². The summed E-state index contributed by atoms with van der Waals surface area (Å²) in [5.74, 6) is 0. The summed E-state index contributed by atoms with van der Waals surface area (Å²) in [6, 6.07) is 6.35. The number of benzene rings is 1. The summed E-state index contributed by atoms with van der Waals surface area (Å²) in [7, 11) is -0.437. The molecule has 7 heteroatoms. The van der Waals surface area contributed by atoms with Crippen molar-refractivity contribution < 1.29 is 8.42 Å². The first-order valence-corrected chi connectivity index (χ1v) is 7.14. The van der Waals surface area contributed by atoms with Gasteiger partial charge < -0.3 is 0 Å². The Labute approximate surface area is 111 Å². The van der Waals surface area contributed by atoms with Crippen LogP contribution in [0.5, 0.6) is 0 Å². The smallest absolute Gasteiger partial charge is 0.269 e. The molecular weight excluding hydrogens is 266 g/mol. The number of nitrogens with one attached hydrogen (secondary N) is 2. The zero-order chi connectivity index (χ0) is 14.2. The van der Waals surface area contributed by atoms with Crippen LogP contribution in [0.4, 0.5) is 0 Å². The van der Waals surface area contributed by atoms with Gasteiger partial charge in [-0.3, -0.25) is 14.6 Å². The summed E-state index contributed by atoms with van der Waals surface area (Å²) in [6.45, 7) is 1.73. The Morgan fingerprint density at radius 2 is 1.79 bits per heavy atom. The van der Waals surface area contributed by atoms with Gasteiger partial charge in [0.2, 0.25) is 10.0 Å². The molecule has 2 aromatic rings. The molecule has 2 N–H and O–H groups in total. The SMILES string of the molecule is CNS(=O)(=O)c1ccc(-c2[nH]n(C)c(=O)c2C)cc1. The lowest BCUT2D eigenvalue weighted by Gasteiger charge is -2.04. The summed E-state index contributed by atoms with van der Waals surface area (Å²) in [4.78, 5) is 11.9. The van der Waals surface area contributed by atoms with E-state index in [-0.39, 0.29) is 10.5 Å². The summed E-state index contributed by atoms with van der Waals surface area (Å²) >= 11 is 0. The maximum absolute atomic E-state index is 11.7. The fraction of sp³-hybridized carbons (Fsp3) is 0.250. The van der Waals surface area contributed by atoms with Crippen molar-refractivity contribution in [3.05, 3.63) is 40.2 Å². The fourth-order valence-corrected chi connectivity index (χ4v) is 2.59. The quantitative estimate of drug-likeness (QED) is 0.864. The van der Waals surface area contributed by atoms with Crippen molar-refractivity contribution in [3.8, 4) is 11.3 Å². The van der Waals surface area contributed by atoms with Crippen molar-refractivity contribution >= 4 is 10.0 Å². The second-order valence-electron chi connectivity index (χ2n) is 4.21. The highest BCUT2D eigenvalue weighted by molar-refractivity contribution is 7.89. The normalized spacial score (nSPS) is 11.7. The van der Waals surface area contributed by atoms with Gasteiger partial charge in [-0.2, -0.15) is 0 Å². The lowest BCUT2D eigenvalue weighted by atomic mass is 10.1. The first-order valence-electron chi connectivity index (χ1n) is 5.66. The van der Waals surface area contributed by atoms with Gasteiger partial charge in [-0.15, -0.1) is 0 Å². The van der Waals surface area contributed by atoms with Gasteiger partial charge in [-0.1, -0.05) is 12.1 Å². The predicted molar refractivity (Wildman–Crippen MR) is 72.5 cm³/mol. The summed E-state index contributed by atoms with van der Waals surface area (Å²) < 4.78 is 26.8. The van der Waals surface area contributed by atoms with Gasteiger partial charge in [0.05, 0.1) is 10.6 Å². The van der Waals surface area contributed by atoms with Crippen LogP contribution in [0.1, 0.15) is 5.56 Å². The first-order chi connectivity index (χ1) is 8.86. The predicted octanol–water partition coefficient (Wildman–Crippen LogP) is 0.597. The molecule has 19 heavy (non-hydrogen) atoms. The van der Waals surface area contributed by atoms with Crippen molar-refractivity contribution in [1.82, 2.24) is 14.5 Å². The van der Waals surface area contributed by atoms with E-state index in [0.29, 0.717) is 11.3 Å². The van der Waals surface area contributed by atoms with Gasteiger partial charge in [0, 0.05) is 12.6 Å². The molecule has 1 heterocycles. The molecule has 0 amide bonds. The van der Waals surface area contributed by atoms with Crippen LogP contribution in [0.3, 0.4) is 0 Å². The van der Waals surface area contributed by atoms with E-state index in [2.05, 4.69) is 9.82 Å². The van der Waals surface area contributed by atoms with Crippen LogP contribution in [0.15, 0.2) is 34.0 Å². The van der Waals surface area contributed by atoms with Crippen molar-refractivity contribution in [1.29, 1.82) is 0 Å². The average molecular weight is 281 g/mol. The number of H-pyrrole nitrogens is 1. The van der Waals surface area contributed by atoms with Crippen LogP contribution in [0.2, 0.25) is 0 Å². The van der Waals surface area contributed by atoms with Crippen LogP contribution < -0.4 is 10.3 Å². The number of aryl methyl sites for hydroxylation is 1. The molecule has 0 spiro atoms. The Morgan fingerprint density at radius 3 is 2.21 bits per heavy atom. The Hall–Kier alpha value is -1.86. The minimum atomic E-state index is -3.44. The lowest BCUT2D eigenvalue weighted by molar-refractivity contribution is 0.588. The van der Waals surface area contributed by atoms with E-state index in [0.717, 1.165) is 5.56 Å². The topological polar surface area (TPSA) is 84.0 Å². The van der Waals surface area contributed by atoms with Crippen molar-refractivity contribution in [2.75, 3.05) is 7.05 Å². The Kier molecular flexibility index (Phi) is 3.34. The molecule has 1 aromatic heterocycles. The highest BCUT2D eigenvalue weighted by Crippen LogP contribution is 2.20. The average Bonchev–Trinajstić information content (AvgIpc) is 2.67. The van der Waals surface area contributed by atoms with E-state index < -0.39 is 10.0 Å². The second kappa shape index (κ2) is 4.67. The molecule has 0 radical (unpaired) electrons. The monoisotopic (exact) mass is 281 g/mol. The maximum Gasteiger partial charge on any atom is 0.269 e. The van der Waals surface area contributed by atoms with E-state index >= 15 is 0 Å². The number of nitrogens with zero attached hydrogens (tertiary/aromatic N) is 1. The molecule has 0 aliphatic rings. The number of hydrogen-bond acceptors (Lipinski definition) is 3. The zero-order valence-corrected chi connectivity index (χ0v) is 11.7. The number of hydrogen-bond donors (Lipinski definition) is 2. The molecule has 0 atom stereocenters. The number of rotatable bonds is 3. The van der Waals surface area contributed by atoms with Gasteiger partial charge in [-0.25, -0.2) is 13.1 Å². The highest BCUT2D eigenvalue weighted by atomic mass is 32.2. The molecular formula is C12H15N3O3S. The molecule has 102 valence electrons. The number of sulfonamides is 1. The minimum absolute atomic E-state index is 0.0954. The third kappa shape index (κ3) is 2.34. The third-order valence-corrected chi connectivity index (χ3v) is 4.43. The van der Waals surface area contributed by atoms with Crippen molar-refractivity contribution in [3.63, 3.8) is 0 Å². The molecule has 1 aromatic carbocycles. The Balaban J connectivity index is 2.49. The van der Waals surface area contributed by atoms with Crippen LogP contribution >= 0.6 is 0 Å². The van der Waals surface area contributed by atoms with Gasteiger partial charge in [0.1, 0.15) is 0 Å². The zero-order valence-electron chi connectivity index (χ0n) is 10.9. The molecule has 0 aliphatic heterocycles. The first kappa shape index (κ1) is 13.6. The molecule has 0 unspecified atom stereocenters. The molecule has 0 saturated carbocycles. The Bertz CT molecular complexity index is 755. The summed E-state index contributed by atoms with van der Waals surface area (Å²) in [5, 5.41) is 2.94. The van der Waals surface area contributed by atoms with Crippen molar-refractivity contribution in [2.24, 2.45) is 7.05 Å². The molecule has 0 aliphatic carbocycles. The Morgan fingerprint density at radius 1 is 1.21 bits per heavy atom. The standard InChI is InChI=1S/C12H15N3O3S/c1-8-11(14-15(3)12(8)16)9-4-6-10(7-5-9)19(17,18)13-2/h4-7,13-14H,1-3H3. The number of aromatic amines is 1. The third-order valence-electron chi connectivity index (χ3n) is 3.00. The lowest BCUT2D eigenvalue weighted by Crippen LogP contribution is -2.18. The van der Waals surface area contributed by atoms with Crippen LogP contribution in [-0.4, -0.2) is 25.2 Å². The van der Waals surface area contributed by atoms with Crippen LogP contribution in [0, 0.1) is 6.92 Å². The molecule has 2 rings (SSSR count). The van der Waals surface area contributed by atoms with E-state index in [1.807, 2.05) is 0 Å². The number of aromatic nitrogens is 2. The van der Waals surface area contributed by atoms with E-state index in [9.17, 15) is 13.2 Å². The minimum Gasteiger partial charge on any atom is -0.295 e. The second-order valence-corrected chi connectivity index (χ2v) is 6.09. The van der Waals surface area contributed by atoms with Crippen LogP contribution in [-0.2, 0) is 17.1 Å². The maximum atomic E-state index is 11.7. The fourth-order valence-electron chi connectivity index (χ4n) is 1.86. The van der Waals surface area contributed by atoms with E-state index in [1.54, 1.807) is 26.1 Å². The molecule has 0 saturated heterocycles. The molecule has 0 fully saturated rings. The van der Waals surface area contributed by atoms with E-state index in [1.165, 1.54) is 23.9 Å². The molecule has 6 nitrogen and oxygen atoms in total. The highest BCUT2D eigenvalue weighted by Gasteiger charge is 2.13.